The van der Waals surface area contributed by atoms with Crippen molar-refractivity contribution in [1.29, 1.82) is 0 Å². The summed E-state index contributed by atoms with van der Waals surface area (Å²) in [5, 5.41) is 2.91. The van der Waals surface area contributed by atoms with Crippen molar-refractivity contribution in [1.82, 2.24) is 10.2 Å². The molecule has 1 unspecified atom stereocenters. The number of likely N-dealkylation sites (tertiary alicyclic amines) is 1. The first-order valence-corrected chi connectivity index (χ1v) is 6.75. The van der Waals surface area contributed by atoms with E-state index >= 15 is 0 Å². The fraction of sp³-hybridized carbons (Fsp3) is 0.333. The van der Waals surface area contributed by atoms with Gasteiger partial charge in [-0.2, -0.15) is 0 Å². The second kappa shape index (κ2) is 5.55. The van der Waals surface area contributed by atoms with E-state index in [1.165, 1.54) is 0 Å². The number of urea groups is 1. The summed E-state index contributed by atoms with van der Waals surface area (Å²) < 4.78 is 1.09. The summed E-state index contributed by atoms with van der Waals surface area (Å²) in [5.41, 5.74) is 5.82. The number of amides is 3. The molecule has 3 amide bonds. The molecule has 1 aliphatic rings. The second-order valence-electron chi connectivity index (χ2n) is 4.25. The van der Waals surface area contributed by atoms with Gasteiger partial charge in [-0.15, -0.1) is 0 Å². The number of benzene rings is 1. The zero-order chi connectivity index (χ0) is 13.1. The molecule has 5 nitrogen and oxygen atoms in total. The molecule has 0 spiro atoms. The van der Waals surface area contributed by atoms with E-state index in [1.807, 2.05) is 12.1 Å². The Hall–Kier alpha value is -1.31. The van der Waals surface area contributed by atoms with E-state index in [1.54, 1.807) is 17.0 Å². The SMILES string of the molecule is NC(=O)N1CCC(NC(=O)c2ccc(I)cc2)C1. The van der Waals surface area contributed by atoms with Crippen LogP contribution in [0.5, 0.6) is 0 Å². The minimum absolute atomic E-state index is 0.00993. The highest BCUT2D eigenvalue weighted by Gasteiger charge is 2.26. The van der Waals surface area contributed by atoms with E-state index in [0.29, 0.717) is 18.7 Å². The molecular formula is C12H14IN3O2. The van der Waals surface area contributed by atoms with Crippen LogP contribution >= 0.6 is 22.6 Å². The maximum atomic E-state index is 11.9. The third kappa shape index (κ3) is 3.12. The molecular weight excluding hydrogens is 345 g/mol. The number of hydrogen-bond acceptors (Lipinski definition) is 2. The van der Waals surface area contributed by atoms with Crippen LogP contribution in [0.2, 0.25) is 0 Å². The third-order valence-corrected chi connectivity index (χ3v) is 3.66. The van der Waals surface area contributed by atoms with Crippen molar-refractivity contribution in [2.24, 2.45) is 5.73 Å². The van der Waals surface area contributed by atoms with Crippen LogP contribution in [0.4, 0.5) is 4.79 Å². The lowest BCUT2D eigenvalue weighted by atomic mass is 10.2. The Kier molecular flexibility index (Phi) is 4.05. The van der Waals surface area contributed by atoms with Gasteiger partial charge >= 0.3 is 6.03 Å². The van der Waals surface area contributed by atoms with Gasteiger partial charge in [-0.1, -0.05) is 0 Å². The molecule has 0 bridgehead atoms. The van der Waals surface area contributed by atoms with Crippen molar-refractivity contribution in [3.63, 3.8) is 0 Å². The zero-order valence-electron chi connectivity index (χ0n) is 9.73. The van der Waals surface area contributed by atoms with Crippen LogP contribution in [-0.2, 0) is 0 Å². The Morgan fingerprint density at radius 2 is 2.00 bits per heavy atom. The van der Waals surface area contributed by atoms with Crippen LogP contribution in [0.3, 0.4) is 0 Å². The first-order chi connectivity index (χ1) is 8.56. The van der Waals surface area contributed by atoms with Crippen molar-refractivity contribution < 1.29 is 9.59 Å². The normalized spacial score (nSPS) is 18.7. The van der Waals surface area contributed by atoms with E-state index in [-0.39, 0.29) is 11.9 Å². The van der Waals surface area contributed by atoms with E-state index < -0.39 is 6.03 Å². The van der Waals surface area contributed by atoms with Gasteiger partial charge in [0.05, 0.1) is 0 Å². The summed E-state index contributed by atoms with van der Waals surface area (Å²) in [5.74, 6) is -0.109. The van der Waals surface area contributed by atoms with Crippen molar-refractivity contribution in [3.8, 4) is 0 Å². The van der Waals surface area contributed by atoms with E-state index in [9.17, 15) is 9.59 Å². The molecule has 0 aliphatic carbocycles. The lowest BCUT2D eigenvalue weighted by Gasteiger charge is -2.14. The maximum absolute atomic E-state index is 11.9. The number of carbonyl (C=O) groups excluding carboxylic acids is 2. The summed E-state index contributed by atoms with van der Waals surface area (Å²) in [6.45, 7) is 1.10. The first-order valence-electron chi connectivity index (χ1n) is 5.67. The Morgan fingerprint density at radius 1 is 1.33 bits per heavy atom. The molecule has 0 radical (unpaired) electrons. The van der Waals surface area contributed by atoms with Crippen molar-refractivity contribution >= 4 is 34.5 Å². The smallest absolute Gasteiger partial charge is 0.314 e. The summed E-state index contributed by atoms with van der Waals surface area (Å²) >= 11 is 2.19. The van der Waals surface area contributed by atoms with E-state index in [0.717, 1.165) is 9.99 Å². The van der Waals surface area contributed by atoms with Crippen LogP contribution in [0.1, 0.15) is 16.8 Å². The largest absolute Gasteiger partial charge is 0.351 e. The number of rotatable bonds is 2. The predicted octanol–water partition coefficient (Wildman–Crippen LogP) is 1.17. The monoisotopic (exact) mass is 359 g/mol. The van der Waals surface area contributed by atoms with Gasteiger partial charge in [0.25, 0.3) is 5.91 Å². The van der Waals surface area contributed by atoms with Gasteiger partial charge in [0.15, 0.2) is 0 Å². The van der Waals surface area contributed by atoms with Gasteiger partial charge in [-0.05, 0) is 53.3 Å². The van der Waals surface area contributed by atoms with Gasteiger partial charge in [0.2, 0.25) is 0 Å². The van der Waals surface area contributed by atoms with Gasteiger partial charge < -0.3 is 16.0 Å². The van der Waals surface area contributed by atoms with Gasteiger partial charge in [0, 0.05) is 28.3 Å². The molecule has 3 N–H and O–H groups in total. The fourth-order valence-corrected chi connectivity index (χ4v) is 2.31. The summed E-state index contributed by atoms with van der Waals surface area (Å²) in [6.07, 6.45) is 0.749. The number of carbonyl (C=O) groups is 2. The maximum Gasteiger partial charge on any atom is 0.314 e. The Bertz CT molecular complexity index is 461. The average Bonchev–Trinajstić information content (AvgIpc) is 2.78. The molecule has 0 aromatic heterocycles. The molecule has 1 fully saturated rings. The quantitative estimate of drug-likeness (QED) is 0.778. The second-order valence-corrected chi connectivity index (χ2v) is 5.50. The average molecular weight is 359 g/mol. The van der Waals surface area contributed by atoms with Crippen LogP contribution in [0.15, 0.2) is 24.3 Å². The molecule has 1 aromatic carbocycles. The highest BCUT2D eigenvalue weighted by molar-refractivity contribution is 14.1. The molecule has 1 heterocycles. The molecule has 0 saturated carbocycles. The lowest BCUT2D eigenvalue weighted by Crippen LogP contribution is -2.40. The van der Waals surface area contributed by atoms with E-state index in [4.69, 9.17) is 5.73 Å². The molecule has 1 aromatic rings. The fourth-order valence-electron chi connectivity index (χ4n) is 1.95. The third-order valence-electron chi connectivity index (χ3n) is 2.94. The van der Waals surface area contributed by atoms with Crippen molar-refractivity contribution in [2.45, 2.75) is 12.5 Å². The van der Waals surface area contributed by atoms with Crippen molar-refractivity contribution in [2.75, 3.05) is 13.1 Å². The molecule has 6 heteroatoms. The standard InChI is InChI=1S/C12H14IN3O2/c13-9-3-1-8(2-4-9)11(17)15-10-5-6-16(7-10)12(14)18/h1-4,10H,5-7H2,(H2,14,18)(H,15,17). The molecule has 18 heavy (non-hydrogen) atoms. The Balaban J connectivity index is 1.92. The first kappa shape index (κ1) is 13.1. The van der Waals surface area contributed by atoms with Crippen molar-refractivity contribution in [3.05, 3.63) is 33.4 Å². The number of primary amides is 1. The van der Waals surface area contributed by atoms with Crippen LogP contribution < -0.4 is 11.1 Å². The molecule has 1 saturated heterocycles. The zero-order valence-corrected chi connectivity index (χ0v) is 11.9. The van der Waals surface area contributed by atoms with Crippen LogP contribution in [0.25, 0.3) is 0 Å². The Morgan fingerprint density at radius 3 is 2.56 bits per heavy atom. The minimum atomic E-state index is -0.430. The van der Waals surface area contributed by atoms with E-state index in [2.05, 4.69) is 27.9 Å². The number of halogens is 1. The van der Waals surface area contributed by atoms with Crippen LogP contribution in [0, 0.1) is 3.57 Å². The highest BCUT2D eigenvalue weighted by Crippen LogP contribution is 2.11. The van der Waals surface area contributed by atoms with Gasteiger partial charge in [-0.25, -0.2) is 4.79 Å². The summed E-state index contributed by atoms with van der Waals surface area (Å²) in [4.78, 5) is 24.5. The summed E-state index contributed by atoms with van der Waals surface area (Å²) in [7, 11) is 0. The predicted molar refractivity (Wildman–Crippen MR) is 76.2 cm³/mol. The van der Waals surface area contributed by atoms with Crippen LogP contribution in [-0.4, -0.2) is 36.0 Å². The van der Waals surface area contributed by atoms with Gasteiger partial charge in [-0.3, -0.25) is 4.79 Å². The minimum Gasteiger partial charge on any atom is -0.351 e. The molecule has 1 aliphatic heterocycles. The molecule has 1 atom stereocenters. The molecule has 2 rings (SSSR count). The number of hydrogen-bond donors (Lipinski definition) is 2. The topological polar surface area (TPSA) is 75.4 Å². The Labute approximate surface area is 119 Å². The highest BCUT2D eigenvalue weighted by atomic mass is 127. The number of nitrogens with zero attached hydrogens (tertiary/aromatic N) is 1. The number of nitrogens with one attached hydrogen (secondary N) is 1. The number of nitrogens with two attached hydrogens (primary N) is 1. The lowest BCUT2D eigenvalue weighted by molar-refractivity contribution is 0.0938. The van der Waals surface area contributed by atoms with Gasteiger partial charge in [0.1, 0.15) is 0 Å². The summed E-state index contributed by atoms with van der Waals surface area (Å²) in [6, 6.07) is 6.92. The molecule has 96 valence electrons.